The lowest BCUT2D eigenvalue weighted by atomic mass is 10.1. The van der Waals surface area contributed by atoms with Crippen LogP contribution in [0.3, 0.4) is 0 Å². The summed E-state index contributed by atoms with van der Waals surface area (Å²) in [6, 6.07) is 7.73. The highest BCUT2D eigenvalue weighted by Gasteiger charge is 2.34. The summed E-state index contributed by atoms with van der Waals surface area (Å²) < 4.78 is 5.72. The van der Waals surface area contributed by atoms with E-state index in [0.29, 0.717) is 18.9 Å². The first-order valence-electron chi connectivity index (χ1n) is 7.52. The van der Waals surface area contributed by atoms with Crippen LogP contribution in [0.5, 0.6) is 0 Å². The normalized spacial score (nSPS) is 26.4. The third-order valence-electron chi connectivity index (χ3n) is 4.31. The summed E-state index contributed by atoms with van der Waals surface area (Å²) in [5.41, 5.74) is 7.43. The van der Waals surface area contributed by atoms with Crippen molar-refractivity contribution < 1.29 is 9.53 Å². The lowest BCUT2D eigenvalue weighted by Crippen LogP contribution is -2.46. The Balaban J connectivity index is 1.72. The van der Waals surface area contributed by atoms with Gasteiger partial charge in [0.05, 0.1) is 25.7 Å². The maximum absolute atomic E-state index is 12.7. The summed E-state index contributed by atoms with van der Waals surface area (Å²) in [5.74, 6) is 0.605. The second-order valence-electron chi connectivity index (χ2n) is 6.24. The molecular formula is C16H23N3O2. The van der Waals surface area contributed by atoms with Crippen molar-refractivity contribution in [2.45, 2.75) is 12.5 Å². The van der Waals surface area contributed by atoms with E-state index in [4.69, 9.17) is 10.5 Å². The van der Waals surface area contributed by atoms with Crippen molar-refractivity contribution in [3.05, 3.63) is 29.8 Å². The Bertz CT molecular complexity index is 503. The average Bonchev–Trinajstić information content (AvgIpc) is 2.71. The number of hydrogen-bond acceptors (Lipinski definition) is 4. The number of benzene rings is 1. The Labute approximate surface area is 125 Å². The fourth-order valence-electron chi connectivity index (χ4n) is 3.29. The number of rotatable bonds is 2. The van der Waals surface area contributed by atoms with Crippen molar-refractivity contribution in [2.75, 3.05) is 45.6 Å². The van der Waals surface area contributed by atoms with Crippen LogP contribution in [-0.4, -0.2) is 61.6 Å². The van der Waals surface area contributed by atoms with Gasteiger partial charge < -0.3 is 20.3 Å². The van der Waals surface area contributed by atoms with E-state index in [-0.39, 0.29) is 11.9 Å². The van der Waals surface area contributed by atoms with Crippen molar-refractivity contribution >= 4 is 11.6 Å². The van der Waals surface area contributed by atoms with E-state index in [1.807, 2.05) is 29.2 Å². The zero-order chi connectivity index (χ0) is 14.8. The van der Waals surface area contributed by atoms with Crippen LogP contribution in [0.25, 0.3) is 0 Å². The van der Waals surface area contributed by atoms with Gasteiger partial charge in [-0.05, 0) is 24.7 Å². The quantitative estimate of drug-likeness (QED) is 0.810. The second kappa shape index (κ2) is 6.03. The summed E-state index contributed by atoms with van der Waals surface area (Å²) in [6.07, 6.45) is 0.438. The molecule has 0 aromatic heterocycles. The van der Waals surface area contributed by atoms with E-state index in [0.717, 1.165) is 37.5 Å². The maximum Gasteiger partial charge on any atom is 0.227 e. The van der Waals surface area contributed by atoms with Crippen molar-refractivity contribution in [3.8, 4) is 0 Å². The number of hydrogen-bond donors (Lipinski definition) is 1. The molecule has 21 heavy (non-hydrogen) atoms. The standard InChI is InChI=1S/C16H23N3O2/c1-18-7-13-8-19(15(9-18)11-21-10-13)16(20)6-12-2-4-14(17)5-3-12/h2-5,13,15H,6-11,17H2,1H3/t13-,15-/m0/s1. The molecule has 2 fully saturated rings. The van der Waals surface area contributed by atoms with Gasteiger partial charge in [-0.1, -0.05) is 12.1 Å². The molecule has 2 atom stereocenters. The monoisotopic (exact) mass is 289 g/mol. The number of carbonyl (C=O) groups excluding carboxylic acids is 1. The minimum atomic E-state index is 0.170. The van der Waals surface area contributed by atoms with Gasteiger partial charge in [0.15, 0.2) is 0 Å². The molecule has 2 heterocycles. The number of ether oxygens (including phenoxy) is 1. The molecule has 114 valence electrons. The van der Waals surface area contributed by atoms with E-state index < -0.39 is 0 Å². The molecule has 0 unspecified atom stereocenters. The van der Waals surface area contributed by atoms with E-state index in [1.165, 1.54) is 0 Å². The minimum absolute atomic E-state index is 0.170. The molecule has 2 saturated heterocycles. The smallest absolute Gasteiger partial charge is 0.227 e. The summed E-state index contributed by atoms with van der Waals surface area (Å²) in [6.45, 7) is 4.11. The lowest BCUT2D eigenvalue weighted by Gasteiger charge is -2.29. The Morgan fingerprint density at radius 2 is 2.00 bits per heavy atom. The Morgan fingerprint density at radius 1 is 1.24 bits per heavy atom. The van der Waals surface area contributed by atoms with Crippen LogP contribution in [0.2, 0.25) is 0 Å². The summed E-state index contributed by atoms with van der Waals surface area (Å²) >= 11 is 0. The molecule has 0 radical (unpaired) electrons. The molecule has 1 amide bonds. The number of amides is 1. The molecule has 3 rings (SSSR count). The number of nitrogens with zero attached hydrogens (tertiary/aromatic N) is 2. The molecule has 0 aliphatic carbocycles. The zero-order valence-corrected chi connectivity index (χ0v) is 12.5. The Morgan fingerprint density at radius 3 is 2.76 bits per heavy atom. The Hall–Kier alpha value is -1.59. The second-order valence-corrected chi connectivity index (χ2v) is 6.24. The van der Waals surface area contributed by atoms with Crippen LogP contribution in [-0.2, 0) is 16.0 Å². The summed E-state index contributed by atoms with van der Waals surface area (Å²) in [5, 5.41) is 0. The highest BCUT2D eigenvalue weighted by Crippen LogP contribution is 2.20. The van der Waals surface area contributed by atoms with Crippen molar-refractivity contribution in [2.24, 2.45) is 5.92 Å². The molecule has 5 nitrogen and oxygen atoms in total. The number of likely N-dealkylation sites (N-methyl/N-ethyl adjacent to an activating group) is 1. The van der Waals surface area contributed by atoms with Gasteiger partial charge in [0, 0.05) is 31.2 Å². The maximum atomic E-state index is 12.7. The predicted octanol–water partition coefficient (Wildman–Crippen LogP) is 0.600. The van der Waals surface area contributed by atoms with Crippen LogP contribution < -0.4 is 5.73 Å². The molecule has 5 heteroatoms. The molecule has 1 aromatic rings. The van der Waals surface area contributed by atoms with Crippen molar-refractivity contribution in [3.63, 3.8) is 0 Å². The van der Waals surface area contributed by atoms with E-state index >= 15 is 0 Å². The molecule has 2 N–H and O–H groups in total. The van der Waals surface area contributed by atoms with Crippen LogP contribution in [0.15, 0.2) is 24.3 Å². The van der Waals surface area contributed by atoms with Gasteiger partial charge in [-0.25, -0.2) is 0 Å². The molecule has 0 saturated carbocycles. The number of nitrogen functional groups attached to an aromatic ring is 1. The molecule has 0 spiro atoms. The zero-order valence-electron chi connectivity index (χ0n) is 12.5. The molecule has 2 bridgehead atoms. The van der Waals surface area contributed by atoms with E-state index in [9.17, 15) is 4.79 Å². The number of nitrogens with two attached hydrogens (primary N) is 1. The SMILES string of the molecule is CN1C[C@@H]2COC[C@H](C1)N(C(=O)Cc1ccc(N)cc1)C2. The largest absolute Gasteiger partial charge is 0.399 e. The lowest BCUT2D eigenvalue weighted by molar-refractivity contribution is -0.133. The topological polar surface area (TPSA) is 58.8 Å². The highest BCUT2D eigenvalue weighted by atomic mass is 16.5. The van der Waals surface area contributed by atoms with Gasteiger partial charge in [-0.3, -0.25) is 4.79 Å². The number of anilines is 1. The molecule has 2 aliphatic rings. The highest BCUT2D eigenvalue weighted by molar-refractivity contribution is 5.79. The molecule has 2 aliphatic heterocycles. The fraction of sp³-hybridized carbons (Fsp3) is 0.562. The molecular weight excluding hydrogens is 266 g/mol. The van der Waals surface area contributed by atoms with Crippen LogP contribution in [0.4, 0.5) is 5.69 Å². The van der Waals surface area contributed by atoms with Gasteiger partial charge in [0.1, 0.15) is 0 Å². The first-order valence-corrected chi connectivity index (χ1v) is 7.52. The van der Waals surface area contributed by atoms with Gasteiger partial charge >= 0.3 is 0 Å². The van der Waals surface area contributed by atoms with Crippen molar-refractivity contribution in [1.29, 1.82) is 0 Å². The van der Waals surface area contributed by atoms with Gasteiger partial charge in [-0.2, -0.15) is 0 Å². The third kappa shape index (κ3) is 3.36. The number of fused-ring (bicyclic) bond motifs is 3. The Kier molecular flexibility index (Phi) is 4.12. The van der Waals surface area contributed by atoms with E-state index in [1.54, 1.807) is 0 Å². The molecule has 1 aromatic carbocycles. The van der Waals surface area contributed by atoms with Crippen molar-refractivity contribution in [1.82, 2.24) is 9.80 Å². The van der Waals surface area contributed by atoms with Crippen LogP contribution >= 0.6 is 0 Å². The van der Waals surface area contributed by atoms with Crippen LogP contribution in [0.1, 0.15) is 5.56 Å². The predicted molar refractivity (Wildman–Crippen MR) is 81.9 cm³/mol. The third-order valence-corrected chi connectivity index (χ3v) is 4.31. The summed E-state index contributed by atoms with van der Waals surface area (Å²) in [7, 11) is 2.12. The average molecular weight is 289 g/mol. The van der Waals surface area contributed by atoms with Gasteiger partial charge in [0.2, 0.25) is 5.91 Å². The van der Waals surface area contributed by atoms with Crippen LogP contribution in [0, 0.1) is 5.92 Å². The first kappa shape index (κ1) is 14.4. The van der Waals surface area contributed by atoms with Gasteiger partial charge in [0.25, 0.3) is 0 Å². The number of carbonyl (C=O) groups is 1. The first-order chi connectivity index (χ1) is 10.1. The van der Waals surface area contributed by atoms with E-state index in [2.05, 4.69) is 11.9 Å². The fourth-order valence-corrected chi connectivity index (χ4v) is 3.29. The van der Waals surface area contributed by atoms with Gasteiger partial charge in [-0.15, -0.1) is 0 Å². The minimum Gasteiger partial charge on any atom is -0.399 e. The summed E-state index contributed by atoms with van der Waals surface area (Å²) in [4.78, 5) is 17.0.